The van der Waals surface area contributed by atoms with Gasteiger partial charge in [0.2, 0.25) is 0 Å². The predicted octanol–water partition coefficient (Wildman–Crippen LogP) is 4.47. The van der Waals surface area contributed by atoms with Crippen LogP contribution in [0.3, 0.4) is 0 Å². The molecule has 12 heteroatoms. The molecular formula is C22H36IN8O2P. The summed E-state index contributed by atoms with van der Waals surface area (Å²) in [4.78, 5) is 30.5. The molecule has 3 aromatic rings. The maximum Gasteiger partial charge on any atom is 0.314 e. The van der Waals surface area contributed by atoms with Crippen molar-refractivity contribution >= 4 is 62.6 Å². The molecule has 1 aliphatic rings. The molecule has 3 N–H and O–H groups in total. The Morgan fingerprint density at radius 2 is 1.91 bits per heavy atom. The number of piperidine rings is 1. The second-order valence-electron chi connectivity index (χ2n) is 7.09. The van der Waals surface area contributed by atoms with Crippen LogP contribution in [0.15, 0.2) is 30.9 Å². The Hall–Kier alpha value is -2.27. The number of pyridine rings is 1. The lowest BCUT2D eigenvalue weighted by Crippen LogP contribution is -2.44. The highest BCUT2D eigenvalue weighted by Crippen LogP contribution is 2.34. The summed E-state index contributed by atoms with van der Waals surface area (Å²) in [5.41, 5.74) is 7.00. The van der Waals surface area contributed by atoms with Crippen LogP contribution in [0.4, 0.5) is 11.5 Å². The maximum atomic E-state index is 12.4. The molecule has 34 heavy (non-hydrogen) atoms. The standard InChI is InChI=1S/C14H18IN6O2P.C4H6N2.2C2H6/c1-8-3-2-4-20(7-8)14(23)13(22)19-10-6-17-12(16)9-5-18-21(24-15)11(9)10;1-6-4-2-3-5-6;2*1-2/h5-6,8,24H,2-4,7H2,1H3,(H2,16,17)(H,19,22);2-4H,1H3;2*1-2H3. The summed E-state index contributed by atoms with van der Waals surface area (Å²) in [5, 5.41) is 11.4. The number of hydrogen-bond donors (Lipinski definition) is 2. The van der Waals surface area contributed by atoms with Gasteiger partial charge in [0, 0.05) is 32.5 Å². The van der Waals surface area contributed by atoms with Crippen molar-refractivity contribution in [3.8, 4) is 0 Å². The molecule has 1 aliphatic heterocycles. The first-order valence-electron chi connectivity index (χ1n) is 11.4. The Kier molecular flexibility index (Phi) is 13.7. The lowest BCUT2D eigenvalue weighted by atomic mass is 10.0. The molecule has 3 aromatic heterocycles. The Labute approximate surface area is 216 Å². The fourth-order valence-electron chi connectivity index (χ4n) is 3.25. The molecule has 0 spiro atoms. The summed E-state index contributed by atoms with van der Waals surface area (Å²) < 4.78 is 3.48. The molecule has 2 unspecified atom stereocenters. The van der Waals surface area contributed by atoms with E-state index in [0.717, 1.165) is 12.8 Å². The highest BCUT2D eigenvalue weighted by molar-refractivity contribution is 14.2. The number of carbonyl (C=O) groups excluding carboxylic acids is 2. The van der Waals surface area contributed by atoms with E-state index in [2.05, 4.69) is 49.5 Å². The van der Waals surface area contributed by atoms with E-state index in [9.17, 15) is 9.59 Å². The van der Waals surface area contributed by atoms with Gasteiger partial charge in [0.05, 0.1) is 29.8 Å². The quantitative estimate of drug-likeness (QED) is 0.254. The summed E-state index contributed by atoms with van der Waals surface area (Å²) in [6.07, 6.45) is 9.08. The fraction of sp³-hybridized carbons (Fsp3) is 0.500. The lowest BCUT2D eigenvalue weighted by Gasteiger charge is -2.30. The Bertz CT molecular complexity index is 1030. The highest BCUT2D eigenvalue weighted by Gasteiger charge is 2.27. The van der Waals surface area contributed by atoms with Gasteiger partial charge < -0.3 is 16.0 Å². The molecule has 2 amide bonds. The van der Waals surface area contributed by atoms with E-state index in [1.165, 1.54) is 6.20 Å². The number of carbonyl (C=O) groups is 2. The van der Waals surface area contributed by atoms with Crippen LogP contribution in [0.5, 0.6) is 0 Å². The third-order valence-corrected chi connectivity index (χ3v) is 6.61. The topological polar surface area (TPSA) is 124 Å². The first kappa shape index (κ1) is 29.8. The summed E-state index contributed by atoms with van der Waals surface area (Å²) in [6.45, 7) is 11.3. The van der Waals surface area contributed by atoms with E-state index in [1.807, 2.05) is 47.0 Å². The maximum absolute atomic E-state index is 12.4. The number of amides is 2. The van der Waals surface area contributed by atoms with Crippen molar-refractivity contribution in [1.82, 2.24) is 29.2 Å². The zero-order valence-corrected chi connectivity index (χ0v) is 23.9. The molecule has 0 aromatic carbocycles. The van der Waals surface area contributed by atoms with E-state index in [-0.39, 0.29) is 0 Å². The number of hydrogen-bond acceptors (Lipinski definition) is 6. The van der Waals surface area contributed by atoms with Crippen molar-refractivity contribution in [3.63, 3.8) is 0 Å². The molecule has 1 saturated heterocycles. The van der Waals surface area contributed by atoms with Gasteiger partial charge in [-0.1, -0.05) is 34.6 Å². The third-order valence-electron chi connectivity index (χ3n) is 4.74. The van der Waals surface area contributed by atoms with Crippen LogP contribution in [0.25, 0.3) is 10.9 Å². The molecule has 1 fully saturated rings. The van der Waals surface area contributed by atoms with Crippen LogP contribution in [-0.4, -0.2) is 54.1 Å². The number of rotatable bonds is 2. The summed E-state index contributed by atoms with van der Waals surface area (Å²) in [6, 6.07) is 1.89. The minimum Gasteiger partial charge on any atom is -0.383 e. The van der Waals surface area contributed by atoms with Gasteiger partial charge in [-0.15, -0.1) is 0 Å². The van der Waals surface area contributed by atoms with Crippen LogP contribution < -0.4 is 11.1 Å². The van der Waals surface area contributed by atoms with Crippen molar-refractivity contribution < 1.29 is 9.59 Å². The SMILES string of the molecule is CC.CC.CC1CCCN(C(=O)C(=O)Nc2cnc(N)c3cnn(PI)c23)C1.Cn1cccn1. The molecular weight excluding hydrogens is 566 g/mol. The number of fused-ring (bicyclic) bond motifs is 1. The monoisotopic (exact) mass is 602 g/mol. The second-order valence-corrected chi connectivity index (χ2v) is 9.13. The number of nitrogens with one attached hydrogen (secondary N) is 1. The van der Waals surface area contributed by atoms with Gasteiger partial charge in [-0.2, -0.15) is 10.2 Å². The van der Waals surface area contributed by atoms with Gasteiger partial charge in [-0.05, 0) is 46.9 Å². The van der Waals surface area contributed by atoms with Gasteiger partial charge in [0.15, 0.2) is 0 Å². The molecule has 4 heterocycles. The molecule has 4 rings (SSSR count). The number of halogens is 1. The summed E-state index contributed by atoms with van der Waals surface area (Å²) in [7, 11) is 1.89. The van der Waals surface area contributed by atoms with Crippen LogP contribution in [0, 0.1) is 5.92 Å². The van der Waals surface area contributed by atoms with Crippen molar-refractivity contribution in [2.45, 2.75) is 47.5 Å². The van der Waals surface area contributed by atoms with Gasteiger partial charge in [0.25, 0.3) is 0 Å². The molecule has 0 bridgehead atoms. The van der Waals surface area contributed by atoms with E-state index in [1.54, 1.807) is 26.4 Å². The summed E-state index contributed by atoms with van der Waals surface area (Å²) in [5.74, 6) is -0.391. The Morgan fingerprint density at radius 3 is 2.44 bits per heavy atom. The lowest BCUT2D eigenvalue weighted by molar-refractivity contribution is -0.144. The van der Waals surface area contributed by atoms with Gasteiger partial charge in [0.1, 0.15) is 11.3 Å². The van der Waals surface area contributed by atoms with Crippen molar-refractivity contribution in [1.29, 1.82) is 0 Å². The van der Waals surface area contributed by atoms with E-state index in [0.29, 0.717) is 47.8 Å². The third kappa shape index (κ3) is 8.19. The fourth-order valence-corrected chi connectivity index (χ4v) is 4.78. The zero-order chi connectivity index (χ0) is 25.7. The number of aromatic nitrogens is 5. The number of likely N-dealkylation sites (tertiary alicyclic amines) is 1. The molecule has 0 radical (unpaired) electrons. The van der Waals surface area contributed by atoms with Crippen LogP contribution in [-0.2, 0) is 16.6 Å². The molecule has 0 aliphatic carbocycles. The number of anilines is 2. The average molecular weight is 602 g/mol. The van der Waals surface area contributed by atoms with E-state index < -0.39 is 11.8 Å². The van der Waals surface area contributed by atoms with E-state index >= 15 is 0 Å². The highest BCUT2D eigenvalue weighted by atomic mass is 127. The Morgan fingerprint density at radius 1 is 1.21 bits per heavy atom. The largest absolute Gasteiger partial charge is 0.383 e. The number of nitrogen functional groups attached to an aromatic ring is 1. The second kappa shape index (κ2) is 15.6. The van der Waals surface area contributed by atoms with Crippen molar-refractivity contribution in [3.05, 3.63) is 30.9 Å². The average Bonchev–Trinajstić information content (AvgIpc) is 3.53. The molecule has 10 nitrogen and oxygen atoms in total. The normalized spacial score (nSPS) is 14.9. The number of nitrogens with zero attached hydrogens (tertiary/aromatic N) is 6. The first-order chi connectivity index (χ1) is 16.4. The summed E-state index contributed by atoms with van der Waals surface area (Å²) >= 11 is 2.19. The van der Waals surface area contributed by atoms with Gasteiger partial charge >= 0.3 is 11.8 Å². The first-order valence-corrected chi connectivity index (χ1v) is 15.5. The van der Waals surface area contributed by atoms with E-state index in [4.69, 9.17) is 5.73 Å². The van der Waals surface area contributed by atoms with Crippen LogP contribution in [0.1, 0.15) is 47.5 Å². The van der Waals surface area contributed by atoms with Crippen molar-refractivity contribution in [2.75, 3.05) is 24.1 Å². The van der Waals surface area contributed by atoms with Crippen molar-refractivity contribution in [2.24, 2.45) is 13.0 Å². The number of nitrogens with two attached hydrogens (primary N) is 1. The van der Waals surface area contributed by atoms with Crippen LogP contribution >= 0.6 is 28.4 Å². The molecule has 2 atom stereocenters. The Balaban J connectivity index is 0.000000489. The molecule has 188 valence electrons. The minimum absolute atomic E-state index is 0.339. The number of aryl methyl sites for hydroxylation is 1. The predicted molar refractivity (Wildman–Crippen MR) is 149 cm³/mol. The zero-order valence-electron chi connectivity index (χ0n) is 20.7. The van der Waals surface area contributed by atoms with Gasteiger partial charge in [-0.3, -0.25) is 14.3 Å². The minimum atomic E-state index is -0.651. The van der Waals surface area contributed by atoms with Crippen LogP contribution in [0.2, 0.25) is 0 Å². The molecule has 0 saturated carbocycles. The van der Waals surface area contributed by atoms with Gasteiger partial charge in [-0.25, -0.2) is 9.44 Å². The smallest absolute Gasteiger partial charge is 0.314 e.